The summed E-state index contributed by atoms with van der Waals surface area (Å²) < 4.78 is 0. The second-order valence-corrected chi connectivity index (χ2v) is 1.93. The van der Waals surface area contributed by atoms with Gasteiger partial charge in [0.2, 0.25) is 0 Å². The summed E-state index contributed by atoms with van der Waals surface area (Å²) >= 11 is 0. The fraction of sp³-hybridized carbons (Fsp3) is 0.400. The van der Waals surface area contributed by atoms with Crippen molar-refractivity contribution >= 4 is 12.7 Å². The van der Waals surface area contributed by atoms with E-state index in [1.54, 1.807) is 13.1 Å². The maximum absolute atomic E-state index is 8.36. The third kappa shape index (κ3) is 60.2. The van der Waals surface area contributed by atoms with E-state index in [0.29, 0.717) is 0 Å². The van der Waals surface area contributed by atoms with Crippen LogP contribution in [0.15, 0.2) is 29.3 Å². The van der Waals surface area contributed by atoms with Crippen molar-refractivity contribution in [1.29, 1.82) is 0 Å². The number of carbonyl (C=O) groups is 1. The van der Waals surface area contributed by atoms with Gasteiger partial charge in [0.05, 0.1) is 0 Å². The molecule has 0 saturated carbocycles. The molecule has 0 aromatic rings. The summed E-state index contributed by atoms with van der Waals surface area (Å²) in [4.78, 5) is 12.2. The molecule has 0 saturated heterocycles. The standard InChI is InChI=1S/C6H11N.C3H6.CH2O2/c1-4-6(2)5-7-3;1-3-2;2-1-3/h4-5H,1-3H3;3H,1H2,2H3;1H,(H,2,3)/b6-4-,7-5?;;. The molecule has 0 unspecified atom stereocenters. The zero-order chi connectivity index (χ0) is 11.1. The van der Waals surface area contributed by atoms with Crippen LogP contribution in [0.2, 0.25) is 0 Å². The first-order valence-corrected chi connectivity index (χ1v) is 3.84. The third-order valence-electron chi connectivity index (χ3n) is 0.788. The molecule has 0 fully saturated rings. The van der Waals surface area contributed by atoms with Crippen molar-refractivity contribution in [2.75, 3.05) is 7.05 Å². The van der Waals surface area contributed by atoms with Crippen molar-refractivity contribution in [1.82, 2.24) is 0 Å². The fourth-order valence-electron chi connectivity index (χ4n) is 0.278. The molecule has 0 heterocycles. The molecule has 3 heteroatoms. The lowest BCUT2D eigenvalue weighted by Crippen LogP contribution is -1.72. The first-order valence-electron chi connectivity index (χ1n) is 3.84. The van der Waals surface area contributed by atoms with Crippen molar-refractivity contribution in [3.63, 3.8) is 0 Å². The molecule has 0 aliphatic heterocycles. The summed E-state index contributed by atoms with van der Waals surface area (Å²) in [5.74, 6) is 0. The third-order valence-corrected chi connectivity index (χ3v) is 0.788. The Labute approximate surface area is 80.5 Å². The Hall–Kier alpha value is -1.38. The Morgan fingerprint density at radius 1 is 1.46 bits per heavy atom. The minimum absolute atomic E-state index is 0.250. The minimum Gasteiger partial charge on any atom is -0.483 e. The van der Waals surface area contributed by atoms with Gasteiger partial charge in [0, 0.05) is 13.3 Å². The SMILES string of the molecule is C/C=C(/C)C=NC.C=CC.O=CO. The molecule has 0 spiro atoms. The van der Waals surface area contributed by atoms with E-state index in [4.69, 9.17) is 9.90 Å². The zero-order valence-electron chi connectivity index (χ0n) is 8.82. The maximum atomic E-state index is 8.36. The van der Waals surface area contributed by atoms with Gasteiger partial charge in [0.25, 0.3) is 6.47 Å². The Morgan fingerprint density at radius 2 is 1.77 bits per heavy atom. The van der Waals surface area contributed by atoms with Crippen LogP contribution in [0.3, 0.4) is 0 Å². The van der Waals surface area contributed by atoms with E-state index in [1.807, 2.05) is 33.1 Å². The van der Waals surface area contributed by atoms with Crippen molar-refractivity contribution in [3.8, 4) is 0 Å². The predicted octanol–water partition coefficient (Wildman–Crippen LogP) is 2.55. The molecule has 0 rings (SSSR count). The molecule has 0 radical (unpaired) electrons. The number of aliphatic imine (C=N–C) groups is 1. The van der Waals surface area contributed by atoms with E-state index < -0.39 is 0 Å². The second-order valence-electron chi connectivity index (χ2n) is 1.93. The maximum Gasteiger partial charge on any atom is 0.290 e. The van der Waals surface area contributed by atoms with Crippen LogP contribution in [0.25, 0.3) is 0 Å². The Balaban J connectivity index is -0.000000140. The first kappa shape index (κ1) is 17.6. The summed E-state index contributed by atoms with van der Waals surface area (Å²) in [5.41, 5.74) is 1.21. The summed E-state index contributed by atoms with van der Waals surface area (Å²) in [6, 6.07) is 0. The van der Waals surface area contributed by atoms with Gasteiger partial charge in [-0.3, -0.25) is 9.79 Å². The zero-order valence-corrected chi connectivity index (χ0v) is 8.82. The fourth-order valence-corrected chi connectivity index (χ4v) is 0.278. The van der Waals surface area contributed by atoms with E-state index in [-0.39, 0.29) is 6.47 Å². The summed E-state index contributed by atoms with van der Waals surface area (Å²) in [6.45, 7) is 9.02. The van der Waals surface area contributed by atoms with Gasteiger partial charge in [-0.25, -0.2) is 0 Å². The summed E-state index contributed by atoms with van der Waals surface area (Å²) in [5, 5.41) is 6.89. The summed E-state index contributed by atoms with van der Waals surface area (Å²) in [6.07, 6.45) is 5.60. The normalized spacial score (nSPS) is 9.08. The highest BCUT2D eigenvalue weighted by Gasteiger charge is 1.71. The molecule has 3 nitrogen and oxygen atoms in total. The average Bonchev–Trinajstić information content (AvgIpc) is 2.07. The number of rotatable bonds is 1. The molecular formula is C10H19NO2. The lowest BCUT2D eigenvalue weighted by Gasteiger charge is -1.80. The number of nitrogens with zero attached hydrogens (tertiary/aromatic N) is 1. The molecule has 0 aromatic heterocycles. The highest BCUT2D eigenvalue weighted by atomic mass is 16.3. The lowest BCUT2D eigenvalue weighted by atomic mass is 10.3. The van der Waals surface area contributed by atoms with Crippen LogP contribution >= 0.6 is 0 Å². The van der Waals surface area contributed by atoms with Crippen molar-refractivity contribution in [2.24, 2.45) is 4.99 Å². The topological polar surface area (TPSA) is 49.7 Å². The van der Waals surface area contributed by atoms with Gasteiger partial charge in [0.1, 0.15) is 0 Å². The van der Waals surface area contributed by atoms with Gasteiger partial charge < -0.3 is 5.11 Å². The smallest absolute Gasteiger partial charge is 0.290 e. The molecule has 76 valence electrons. The quantitative estimate of drug-likeness (QED) is 0.387. The molecule has 0 bridgehead atoms. The molecule has 0 aromatic carbocycles. The van der Waals surface area contributed by atoms with Crippen LogP contribution in [0, 0.1) is 0 Å². The van der Waals surface area contributed by atoms with Crippen molar-refractivity contribution in [3.05, 3.63) is 24.3 Å². The molecule has 0 atom stereocenters. The van der Waals surface area contributed by atoms with Crippen LogP contribution in [-0.2, 0) is 4.79 Å². The van der Waals surface area contributed by atoms with Crippen LogP contribution in [0.1, 0.15) is 20.8 Å². The van der Waals surface area contributed by atoms with E-state index >= 15 is 0 Å². The van der Waals surface area contributed by atoms with Crippen LogP contribution in [0.4, 0.5) is 0 Å². The van der Waals surface area contributed by atoms with Gasteiger partial charge in [-0.15, -0.1) is 6.58 Å². The Morgan fingerprint density at radius 3 is 1.85 bits per heavy atom. The van der Waals surface area contributed by atoms with E-state index in [9.17, 15) is 0 Å². The van der Waals surface area contributed by atoms with Gasteiger partial charge in [-0.05, 0) is 26.3 Å². The number of hydrogen-bond acceptors (Lipinski definition) is 2. The number of carboxylic acid groups (broad SMARTS) is 1. The molecule has 1 N–H and O–H groups in total. The van der Waals surface area contributed by atoms with E-state index in [2.05, 4.69) is 11.6 Å². The average molecular weight is 185 g/mol. The predicted molar refractivity (Wildman–Crippen MR) is 58.4 cm³/mol. The highest BCUT2D eigenvalue weighted by Crippen LogP contribution is 1.82. The number of allylic oxidation sites excluding steroid dienone is 3. The second kappa shape index (κ2) is 22.4. The van der Waals surface area contributed by atoms with Gasteiger partial charge in [0.15, 0.2) is 0 Å². The van der Waals surface area contributed by atoms with Crippen LogP contribution < -0.4 is 0 Å². The van der Waals surface area contributed by atoms with Crippen molar-refractivity contribution in [2.45, 2.75) is 20.8 Å². The minimum atomic E-state index is -0.250. The lowest BCUT2D eigenvalue weighted by molar-refractivity contribution is -0.122. The van der Waals surface area contributed by atoms with E-state index in [0.717, 1.165) is 0 Å². The molecule has 0 aliphatic carbocycles. The largest absolute Gasteiger partial charge is 0.483 e. The van der Waals surface area contributed by atoms with Crippen LogP contribution in [-0.4, -0.2) is 24.8 Å². The highest BCUT2D eigenvalue weighted by molar-refractivity contribution is 5.77. The van der Waals surface area contributed by atoms with Crippen LogP contribution in [0.5, 0.6) is 0 Å². The Bertz CT molecular complexity index is 154. The van der Waals surface area contributed by atoms with Gasteiger partial charge in [-0.2, -0.15) is 0 Å². The van der Waals surface area contributed by atoms with Gasteiger partial charge >= 0.3 is 0 Å². The summed E-state index contributed by atoms with van der Waals surface area (Å²) in [7, 11) is 1.77. The van der Waals surface area contributed by atoms with E-state index in [1.165, 1.54) is 5.57 Å². The van der Waals surface area contributed by atoms with Gasteiger partial charge in [-0.1, -0.05) is 12.2 Å². The monoisotopic (exact) mass is 185 g/mol. The molecular weight excluding hydrogens is 166 g/mol. The molecule has 13 heavy (non-hydrogen) atoms. The molecule has 0 aliphatic rings. The molecule has 0 amide bonds. The van der Waals surface area contributed by atoms with Crippen molar-refractivity contribution < 1.29 is 9.90 Å². The Kier molecular flexibility index (Phi) is 30.4. The number of hydrogen-bond donors (Lipinski definition) is 1. The first-order chi connectivity index (χ1) is 6.14.